The first kappa shape index (κ1) is 36.7. The maximum atomic E-state index is 2.72. The van der Waals surface area contributed by atoms with Crippen LogP contribution in [0, 0.1) is 46.3 Å². The Morgan fingerprint density at radius 1 is 0.851 bits per heavy atom. The van der Waals surface area contributed by atoms with Gasteiger partial charge in [0.2, 0.25) is 0 Å². The molecule has 6 unspecified atom stereocenters. The van der Waals surface area contributed by atoms with Crippen molar-refractivity contribution >= 4 is 0 Å². The highest BCUT2D eigenvalue weighted by molar-refractivity contribution is 5.33. The molecular weight excluding hydrogens is 565 g/mol. The highest BCUT2D eigenvalue weighted by Gasteiger charge is 2.58. The number of unbranched alkanes of at least 4 members (excludes halogenated alkanes) is 1. The number of rotatable bonds is 16. The van der Waals surface area contributed by atoms with Crippen molar-refractivity contribution in [1.82, 2.24) is 0 Å². The van der Waals surface area contributed by atoms with Crippen molar-refractivity contribution < 1.29 is 0 Å². The Bertz CT molecular complexity index is 1250. The Hall–Kier alpha value is -1.56. The molecule has 0 aliphatic heterocycles. The summed E-state index contributed by atoms with van der Waals surface area (Å²) in [6.07, 6.45) is 25.8. The van der Waals surface area contributed by atoms with E-state index in [4.69, 9.17) is 0 Å². The minimum Gasteiger partial charge on any atom is -0.0847 e. The van der Waals surface area contributed by atoms with Crippen LogP contribution in [0.5, 0.6) is 0 Å². The van der Waals surface area contributed by atoms with Crippen LogP contribution in [-0.4, -0.2) is 0 Å². The molecule has 4 aliphatic carbocycles. The molecule has 0 heterocycles. The maximum Gasteiger partial charge on any atom is -0.00230 e. The van der Waals surface area contributed by atoms with Crippen LogP contribution in [0.2, 0.25) is 0 Å². The summed E-state index contributed by atoms with van der Waals surface area (Å²) in [6.45, 7) is 24.3. The number of hydrogen-bond donors (Lipinski definition) is 0. The van der Waals surface area contributed by atoms with Crippen LogP contribution in [0.3, 0.4) is 0 Å². The van der Waals surface area contributed by atoms with Crippen molar-refractivity contribution in [2.24, 2.45) is 46.3 Å². The van der Waals surface area contributed by atoms with Crippen LogP contribution in [0.4, 0.5) is 0 Å². The molecule has 6 atom stereocenters. The molecule has 47 heavy (non-hydrogen) atoms. The van der Waals surface area contributed by atoms with E-state index < -0.39 is 0 Å². The maximum absolute atomic E-state index is 2.72. The molecule has 5 rings (SSSR count). The van der Waals surface area contributed by atoms with E-state index in [1.54, 1.807) is 33.4 Å². The summed E-state index contributed by atoms with van der Waals surface area (Å²) in [4.78, 5) is 0. The molecule has 4 aliphatic rings. The quantitative estimate of drug-likeness (QED) is 0.125. The summed E-state index contributed by atoms with van der Waals surface area (Å²) in [5, 5.41) is 0. The first-order valence-electron chi connectivity index (χ1n) is 20.6. The van der Waals surface area contributed by atoms with Gasteiger partial charge in [0.25, 0.3) is 0 Å². The average molecular weight is 639 g/mol. The van der Waals surface area contributed by atoms with Gasteiger partial charge in [-0.2, -0.15) is 0 Å². The van der Waals surface area contributed by atoms with Crippen LogP contribution in [-0.2, 0) is 0 Å². The minimum atomic E-state index is 0.565. The van der Waals surface area contributed by atoms with Gasteiger partial charge in [-0.3, -0.25) is 0 Å². The van der Waals surface area contributed by atoms with Crippen molar-refractivity contribution in [1.29, 1.82) is 0 Å². The summed E-state index contributed by atoms with van der Waals surface area (Å²) in [6, 6.07) is 10.2. The van der Waals surface area contributed by atoms with E-state index in [9.17, 15) is 0 Å². The van der Waals surface area contributed by atoms with Crippen molar-refractivity contribution in [3.63, 3.8) is 0 Å². The lowest BCUT2D eigenvalue weighted by Gasteiger charge is -2.63. The summed E-state index contributed by atoms with van der Waals surface area (Å²) >= 11 is 0. The molecule has 1 aromatic rings. The first-order chi connectivity index (χ1) is 22.5. The third kappa shape index (κ3) is 7.78. The number of allylic oxidation sites excluding steroid dienone is 6. The van der Waals surface area contributed by atoms with E-state index in [2.05, 4.69) is 106 Å². The van der Waals surface area contributed by atoms with E-state index in [1.165, 1.54) is 96.3 Å². The predicted molar refractivity (Wildman–Crippen MR) is 207 cm³/mol. The Morgan fingerprint density at radius 3 is 2.04 bits per heavy atom. The minimum absolute atomic E-state index is 0.565. The van der Waals surface area contributed by atoms with E-state index in [1.807, 2.05) is 0 Å². The lowest BCUT2D eigenvalue weighted by atomic mass is 9.41. The zero-order valence-corrected chi connectivity index (χ0v) is 32.7. The van der Waals surface area contributed by atoms with E-state index in [-0.39, 0.29) is 0 Å². The zero-order chi connectivity index (χ0) is 33.9. The second kappa shape index (κ2) is 15.5. The summed E-state index contributed by atoms with van der Waals surface area (Å²) in [5.74, 6) is 6.16. The van der Waals surface area contributed by atoms with Gasteiger partial charge in [0.15, 0.2) is 0 Å². The Kier molecular flexibility index (Phi) is 12.1. The third-order valence-corrected chi connectivity index (χ3v) is 15.5. The van der Waals surface area contributed by atoms with Crippen LogP contribution in [0.25, 0.3) is 0 Å². The van der Waals surface area contributed by atoms with Gasteiger partial charge in [-0.15, -0.1) is 0 Å². The SMILES string of the molecule is CCC(C)=C(C)CCCC=C(CC(CC)c1ccc(C2CC3(CCC3)C2CC2(C)CCC2)cc1)C(C=C(C)C1C(C)C(C)C1C)CC. The molecule has 0 aromatic heterocycles. The fourth-order valence-electron chi connectivity index (χ4n) is 11.0. The lowest BCUT2D eigenvalue weighted by Crippen LogP contribution is -2.53. The molecule has 4 saturated carbocycles. The molecule has 0 bridgehead atoms. The predicted octanol–water partition coefficient (Wildman–Crippen LogP) is 14.8. The molecular formula is C47H74. The van der Waals surface area contributed by atoms with E-state index in [0.717, 1.165) is 35.5 Å². The molecule has 4 fully saturated rings. The topological polar surface area (TPSA) is 0 Å². The van der Waals surface area contributed by atoms with Crippen LogP contribution < -0.4 is 0 Å². The first-order valence-corrected chi connectivity index (χ1v) is 20.6. The Balaban J connectivity index is 1.32. The van der Waals surface area contributed by atoms with Gasteiger partial charge < -0.3 is 0 Å². The van der Waals surface area contributed by atoms with Crippen molar-refractivity contribution in [3.8, 4) is 0 Å². The van der Waals surface area contributed by atoms with Gasteiger partial charge in [0, 0.05) is 0 Å². The highest BCUT2D eigenvalue weighted by Crippen LogP contribution is 2.69. The second-order valence-corrected chi connectivity index (χ2v) is 18.1. The van der Waals surface area contributed by atoms with Gasteiger partial charge in [-0.25, -0.2) is 0 Å². The molecule has 0 nitrogen and oxygen atoms in total. The number of benzene rings is 1. The fourth-order valence-corrected chi connectivity index (χ4v) is 11.0. The number of hydrogen-bond acceptors (Lipinski definition) is 0. The zero-order valence-electron chi connectivity index (χ0n) is 32.7. The fraction of sp³-hybridized carbons (Fsp3) is 0.745. The lowest BCUT2D eigenvalue weighted by molar-refractivity contribution is -0.102. The summed E-state index contributed by atoms with van der Waals surface area (Å²) in [5.41, 5.74) is 11.1. The van der Waals surface area contributed by atoms with E-state index >= 15 is 0 Å². The van der Waals surface area contributed by atoms with Crippen LogP contribution in [0.1, 0.15) is 189 Å². The van der Waals surface area contributed by atoms with Gasteiger partial charge in [-0.05, 0) is 174 Å². The smallest absolute Gasteiger partial charge is 0.00230 e. The molecule has 0 saturated heterocycles. The summed E-state index contributed by atoms with van der Waals surface area (Å²) in [7, 11) is 0. The van der Waals surface area contributed by atoms with Crippen LogP contribution in [0.15, 0.2) is 58.7 Å². The van der Waals surface area contributed by atoms with Crippen molar-refractivity contribution in [2.45, 2.75) is 177 Å². The molecule has 0 radical (unpaired) electrons. The molecule has 0 heteroatoms. The van der Waals surface area contributed by atoms with Gasteiger partial charge in [0.1, 0.15) is 0 Å². The van der Waals surface area contributed by atoms with Gasteiger partial charge in [0.05, 0.1) is 0 Å². The van der Waals surface area contributed by atoms with Crippen LogP contribution >= 0.6 is 0 Å². The summed E-state index contributed by atoms with van der Waals surface area (Å²) < 4.78 is 0. The molecule has 1 aromatic carbocycles. The van der Waals surface area contributed by atoms with Crippen molar-refractivity contribution in [3.05, 3.63) is 69.8 Å². The Morgan fingerprint density at radius 2 is 1.51 bits per heavy atom. The van der Waals surface area contributed by atoms with Gasteiger partial charge in [-0.1, -0.05) is 120 Å². The third-order valence-electron chi connectivity index (χ3n) is 15.5. The Labute approximate surface area is 292 Å². The normalized spacial score (nSPS) is 31.6. The monoisotopic (exact) mass is 639 g/mol. The van der Waals surface area contributed by atoms with Gasteiger partial charge >= 0.3 is 0 Å². The standard InChI is InChI=1S/C47H74/c1-11-32(4)33(5)18-14-15-19-42(38(12-2)28-34(6)45-36(8)35(7)37(45)9)29-39(13-3)40-20-22-41(23-21-40)43-30-47(26-17-27-47)44(43)31-46(10)24-16-25-46/h19-23,28,35-39,43-45H,11-18,24-27,29-31H2,1-10H3. The largest absolute Gasteiger partial charge is 0.0847 e. The van der Waals surface area contributed by atoms with Crippen molar-refractivity contribution in [2.75, 3.05) is 0 Å². The molecule has 0 N–H and O–H groups in total. The highest BCUT2D eigenvalue weighted by atomic mass is 14.6. The average Bonchev–Trinajstić information content (AvgIpc) is 3.03. The molecule has 1 spiro atoms. The van der Waals surface area contributed by atoms with E-state index in [0.29, 0.717) is 22.7 Å². The molecule has 262 valence electrons. The molecule has 0 amide bonds. The second-order valence-electron chi connectivity index (χ2n) is 18.1.